The van der Waals surface area contributed by atoms with E-state index in [4.69, 9.17) is 4.74 Å². The van der Waals surface area contributed by atoms with Crippen LogP contribution < -0.4 is 5.32 Å². The Morgan fingerprint density at radius 1 is 1.55 bits per heavy atom. The molecule has 0 saturated carbocycles. The third-order valence-electron chi connectivity index (χ3n) is 2.86. The fourth-order valence-corrected chi connectivity index (χ4v) is 6.28. The first-order chi connectivity index (χ1) is 9.38. The maximum Gasteiger partial charge on any atom is 0.245 e. The monoisotopic (exact) mass is 384 g/mol. The lowest BCUT2D eigenvalue weighted by molar-refractivity contribution is 0.142. The number of halogens is 1. The van der Waals surface area contributed by atoms with Crippen molar-refractivity contribution in [1.29, 1.82) is 0 Å². The quantitative estimate of drug-likeness (QED) is 0.746. The van der Waals surface area contributed by atoms with Crippen LogP contribution in [0.5, 0.6) is 0 Å². The number of nitrogens with zero attached hydrogens (tertiary/aromatic N) is 1. The molecule has 0 fully saturated rings. The van der Waals surface area contributed by atoms with Gasteiger partial charge in [0.05, 0.1) is 10.4 Å². The number of likely N-dealkylation sites (N-methyl/N-ethyl adjacent to an activating group) is 1. The van der Waals surface area contributed by atoms with Gasteiger partial charge < -0.3 is 10.1 Å². The lowest BCUT2D eigenvalue weighted by atomic mass is 10.4. The maximum absolute atomic E-state index is 12.7. The molecule has 0 saturated heterocycles. The van der Waals surface area contributed by atoms with Crippen LogP contribution in [0.25, 0.3) is 0 Å². The molecule has 0 aromatic carbocycles. The Balaban J connectivity index is 3.13. The number of thiophene rings is 1. The Labute approximate surface area is 133 Å². The zero-order valence-corrected chi connectivity index (χ0v) is 15.4. The molecule has 0 aliphatic rings. The minimum atomic E-state index is -3.51. The van der Waals surface area contributed by atoms with Crippen LogP contribution in [-0.2, 0) is 21.3 Å². The molecule has 1 heterocycles. The van der Waals surface area contributed by atoms with E-state index in [1.807, 2.05) is 20.9 Å². The molecule has 1 rings (SSSR count). The van der Waals surface area contributed by atoms with Gasteiger partial charge in [-0.15, -0.1) is 11.3 Å². The van der Waals surface area contributed by atoms with Crippen LogP contribution >= 0.6 is 27.3 Å². The first-order valence-corrected chi connectivity index (χ1v) is 9.37. The van der Waals surface area contributed by atoms with Crippen molar-refractivity contribution in [2.75, 3.05) is 27.3 Å². The molecule has 0 aliphatic carbocycles. The van der Waals surface area contributed by atoms with E-state index in [0.29, 0.717) is 28.4 Å². The van der Waals surface area contributed by atoms with Crippen molar-refractivity contribution in [3.8, 4) is 0 Å². The van der Waals surface area contributed by atoms with Gasteiger partial charge in [0.2, 0.25) is 10.0 Å². The number of hydrogen-bond donors (Lipinski definition) is 1. The van der Waals surface area contributed by atoms with Gasteiger partial charge in [-0.2, -0.15) is 4.31 Å². The highest BCUT2D eigenvalue weighted by molar-refractivity contribution is 9.11. The van der Waals surface area contributed by atoms with Crippen molar-refractivity contribution >= 4 is 37.3 Å². The average Bonchev–Trinajstić information content (AvgIpc) is 2.72. The van der Waals surface area contributed by atoms with Gasteiger partial charge >= 0.3 is 0 Å². The van der Waals surface area contributed by atoms with Crippen LogP contribution in [0.15, 0.2) is 14.7 Å². The van der Waals surface area contributed by atoms with Gasteiger partial charge in [-0.25, -0.2) is 8.42 Å². The normalized spacial score (nSPS) is 13.9. The minimum Gasteiger partial charge on any atom is -0.383 e. The Morgan fingerprint density at radius 2 is 2.20 bits per heavy atom. The van der Waals surface area contributed by atoms with Gasteiger partial charge in [0.1, 0.15) is 4.90 Å². The van der Waals surface area contributed by atoms with Crippen molar-refractivity contribution in [1.82, 2.24) is 9.62 Å². The summed E-state index contributed by atoms with van der Waals surface area (Å²) in [5, 5.41) is 3.02. The van der Waals surface area contributed by atoms with E-state index < -0.39 is 10.0 Å². The molecule has 0 bridgehead atoms. The summed E-state index contributed by atoms with van der Waals surface area (Å²) in [4.78, 5) is 1.31. The van der Waals surface area contributed by atoms with E-state index in [1.54, 1.807) is 13.2 Å². The van der Waals surface area contributed by atoms with E-state index in [9.17, 15) is 8.42 Å². The Bertz CT molecular complexity index is 531. The minimum absolute atomic E-state index is 0.199. The van der Waals surface area contributed by atoms with Crippen LogP contribution in [0.1, 0.15) is 18.7 Å². The molecular weight excluding hydrogens is 364 g/mol. The number of rotatable bonds is 8. The Kier molecular flexibility index (Phi) is 7.10. The van der Waals surface area contributed by atoms with Gasteiger partial charge in [-0.3, -0.25) is 0 Å². The molecule has 0 spiro atoms. The van der Waals surface area contributed by atoms with Crippen molar-refractivity contribution in [3.63, 3.8) is 0 Å². The summed E-state index contributed by atoms with van der Waals surface area (Å²) in [6, 6.07) is 1.53. The van der Waals surface area contributed by atoms with Crippen LogP contribution in [0.2, 0.25) is 0 Å². The van der Waals surface area contributed by atoms with E-state index in [1.165, 1.54) is 15.6 Å². The first kappa shape index (κ1) is 18.1. The summed E-state index contributed by atoms with van der Waals surface area (Å²) in [6.45, 7) is 5.12. The summed E-state index contributed by atoms with van der Waals surface area (Å²) in [7, 11) is -0.106. The zero-order valence-electron chi connectivity index (χ0n) is 12.1. The summed E-state index contributed by atoms with van der Waals surface area (Å²) in [5.41, 5.74) is 0. The molecule has 8 heteroatoms. The number of sulfonamides is 1. The highest BCUT2D eigenvalue weighted by Crippen LogP contribution is 2.34. The molecular formula is C12H21BrN2O3S2. The highest BCUT2D eigenvalue weighted by atomic mass is 79.9. The summed E-state index contributed by atoms with van der Waals surface area (Å²) in [5.74, 6) is 0. The van der Waals surface area contributed by atoms with Gasteiger partial charge in [0.15, 0.2) is 0 Å². The smallest absolute Gasteiger partial charge is 0.245 e. The van der Waals surface area contributed by atoms with Crippen LogP contribution in [0.3, 0.4) is 0 Å². The molecule has 1 aromatic heterocycles. The summed E-state index contributed by atoms with van der Waals surface area (Å²) in [6.07, 6.45) is 0. The molecule has 1 unspecified atom stereocenters. The van der Waals surface area contributed by atoms with Crippen LogP contribution in [0, 0.1) is 0 Å². The molecule has 1 aromatic rings. The van der Waals surface area contributed by atoms with Crippen molar-refractivity contribution < 1.29 is 13.2 Å². The van der Waals surface area contributed by atoms with E-state index in [-0.39, 0.29) is 6.04 Å². The van der Waals surface area contributed by atoms with E-state index in [0.717, 1.165) is 4.88 Å². The molecule has 20 heavy (non-hydrogen) atoms. The van der Waals surface area contributed by atoms with Crippen molar-refractivity contribution in [2.45, 2.75) is 31.3 Å². The second-order valence-corrected chi connectivity index (χ2v) is 8.71. The second-order valence-electron chi connectivity index (χ2n) is 4.39. The predicted octanol–water partition coefficient (Wildman–Crippen LogP) is 2.28. The molecule has 0 amide bonds. The molecule has 1 atom stereocenters. The molecule has 1 N–H and O–H groups in total. The average molecular weight is 385 g/mol. The lowest BCUT2D eigenvalue weighted by Crippen LogP contribution is -2.40. The first-order valence-electron chi connectivity index (χ1n) is 6.32. The summed E-state index contributed by atoms with van der Waals surface area (Å²) < 4.78 is 32.7. The van der Waals surface area contributed by atoms with Crippen LogP contribution in [-0.4, -0.2) is 46.1 Å². The van der Waals surface area contributed by atoms with Crippen molar-refractivity contribution in [2.24, 2.45) is 0 Å². The van der Waals surface area contributed by atoms with Gasteiger partial charge in [0.25, 0.3) is 0 Å². The third-order valence-corrected chi connectivity index (χ3v) is 7.20. The van der Waals surface area contributed by atoms with Crippen molar-refractivity contribution in [3.05, 3.63) is 14.7 Å². The molecule has 116 valence electrons. The lowest BCUT2D eigenvalue weighted by Gasteiger charge is -2.26. The van der Waals surface area contributed by atoms with E-state index >= 15 is 0 Å². The topological polar surface area (TPSA) is 58.6 Å². The van der Waals surface area contributed by atoms with Crippen LogP contribution in [0.4, 0.5) is 0 Å². The SMILES string of the molecule is CCN(C(C)COC)S(=O)(=O)c1cc(CNC)sc1Br. The van der Waals surface area contributed by atoms with Gasteiger partial charge in [-0.05, 0) is 36.0 Å². The van der Waals surface area contributed by atoms with Gasteiger partial charge in [0, 0.05) is 31.1 Å². The highest BCUT2D eigenvalue weighted by Gasteiger charge is 2.30. The third kappa shape index (κ3) is 4.02. The fourth-order valence-electron chi connectivity index (χ4n) is 2.00. The maximum atomic E-state index is 12.7. The predicted molar refractivity (Wildman–Crippen MR) is 85.7 cm³/mol. The number of nitrogens with one attached hydrogen (secondary N) is 1. The second kappa shape index (κ2) is 7.86. The van der Waals surface area contributed by atoms with E-state index in [2.05, 4.69) is 21.2 Å². The molecule has 5 nitrogen and oxygen atoms in total. The number of hydrogen-bond acceptors (Lipinski definition) is 5. The number of methoxy groups -OCH3 is 1. The molecule has 0 radical (unpaired) electrons. The summed E-state index contributed by atoms with van der Waals surface area (Å²) >= 11 is 4.80. The Morgan fingerprint density at radius 3 is 2.70 bits per heavy atom. The van der Waals surface area contributed by atoms with Gasteiger partial charge in [-0.1, -0.05) is 6.92 Å². The zero-order chi connectivity index (χ0) is 15.3. The number of ether oxygens (including phenoxy) is 1. The largest absolute Gasteiger partial charge is 0.383 e. The fraction of sp³-hybridized carbons (Fsp3) is 0.667. The Hall–Kier alpha value is 0.01000. The molecule has 0 aliphatic heterocycles. The standard InChI is InChI=1S/C12H21BrN2O3S2/c1-5-15(9(2)8-18-4)20(16,17)11-6-10(7-14-3)19-12(11)13/h6,9,14H,5,7-8H2,1-4H3.